The number of carbonyl (C=O) groups is 1. The van der Waals surface area contributed by atoms with Crippen LogP contribution in [0.2, 0.25) is 0 Å². The molecule has 3 nitrogen and oxygen atoms in total. The summed E-state index contributed by atoms with van der Waals surface area (Å²) in [5, 5.41) is -0.498. The number of hydrogen-bond acceptors (Lipinski definition) is 3. The lowest BCUT2D eigenvalue weighted by Gasteiger charge is -2.11. The van der Waals surface area contributed by atoms with Crippen molar-refractivity contribution in [2.45, 2.75) is 6.61 Å². The molecule has 2 aromatic rings. The monoisotopic (exact) mass is 276 g/mol. The van der Waals surface area contributed by atoms with E-state index in [1.807, 2.05) is 12.1 Å². The zero-order valence-electron chi connectivity index (χ0n) is 10.4. The van der Waals surface area contributed by atoms with E-state index in [-0.39, 0.29) is 0 Å². The number of carbonyl (C=O) groups excluding carboxylic acids is 1. The Kier molecular flexibility index (Phi) is 4.42. The van der Waals surface area contributed by atoms with Crippen LogP contribution in [0.4, 0.5) is 0 Å². The van der Waals surface area contributed by atoms with E-state index in [9.17, 15) is 4.79 Å². The number of para-hydroxylation sites is 1. The van der Waals surface area contributed by atoms with Crippen LogP contribution in [0.25, 0.3) is 0 Å². The van der Waals surface area contributed by atoms with Crippen molar-refractivity contribution >= 4 is 16.8 Å². The quantitative estimate of drug-likeness (QED) is 0.786. The summed E-state index contributed by atoms with van der Waals surface area (Å²) in [5.74, 6) is 1.49. The van der Waals surface area contributed by atoms with Gasteiger partial charge in [-0.25, -0.2) is 0 Å². The summed E-state index contributed by atoms with van der Waals surface area (Å²) in [6.45, 7) is 0.766. The van der Waals surface area contributed by atoms with Gasteiger partial charge in [0.15, 0.2) is 0 Å². The predicted octanol–water partition coefficient (Wildman–Crippen LogP) is 3.65. The van der Waals surface area contributed by atoms with Gasteiger partial charge >= 0.3 is 0 Å². The molecule has 19 heavy (non-hydrogen) atoms. The smallest absolute Gasteiger partial charge is 0.256 e. The van der Waals surface area contributed by atoms with E-state index >= 15 is 0 Å². The van der Waals surface area contributed by atoms with Gasteiger partial charge in [-0.15, -0.1) is 0 Å². The topological polar surface area (TPSA) is 35.5 Å². The number of rotatable bonds is 2. The molecule has 0 saturated carbocycles. The first-order valence-electron chi connectivity index (χ1n) is 5.75. The minimum absolute atomic E-state index is 0.400. The fraction of sp³-hybridized carbons (Fsp3) is 0.133. The highest BCUT2D eigenvalue weighted by Gasteiger charge is 2.06. The van der Waals surface area contributed by atoms with Crippen molar-refractivity contribution in [2.75, 3.05) is 7.11 Å². The fourth-order valence-corrected chi connectivity index (χ4v) is 1.81. The zero-order valence-corrected chi connectivity index (χ0v) is 11.2. The lowest BCUT2D eigenvalue weighted by molar-refractivity contribution is 0.107. The van der Waals surface area contributed by atoms with Gasteiger partial charge in [0.1, 0.15) is 18.1 Å². The van der Waals surface area contributed by atoms with E-state index in [2.05, 4.69) is 12.1 Å². The second kappa shape index (κ2) is 6.25. The summed E-state index contributed by atoms with van der Waals surface area (Å²) >= 11 is 5.27. The van der Waals surface area contributed by atoms with Gasteiger partial charge in [-0.05, 0) is 41.4 Å². The molecule has 2 aliphatic rings. The summed E-state index contributed by atoms with van der Waals surface area (Å²) in [6.07, 6.45) is 0. The van der Waals surface area contributed by atoms with Crippen LogP contribution in [0.15, 0.2) is 48.5 Å². The molecule has 4 heteroatoms. The Hall–Kier alpha value is -2.00. The lowest BCUT2D eigenvalue weighted by atomic mass is 10.2. The van der Waals surface area contributed by atoms with Crippen LogP contribution < -0.4 is 9.47 Å². The molecule has 0 atom stereocenters. The molecular formula is C15H13ClO3. The van der Waals surface area contributed by atoms with Crippen LogP contribution in [-0.4, -0.2) is 12.4 Å². The molecule has 0 saturated heterocycles. The molecule has 0 amide bonds. The van der Waals surface area contributed by atoms with Crippen molar-refractivity contribution in [3.05, 3.63) is 59.7 Å². The van der Waals surface area contributed by atoms with Crippen molar-refractivity contribution in [3.63, 3.8) is 0 Å². The van der Waals surface area contributed by atoms with Crippen LogP contribution in [0.5, 0.6) is 11.5 Å². The second-order valence-corrected chi connectivity index (χ2v) is 4.25. The summed E-state index contributed by atoms with van der Waals surface area (Å²) in [5.41, 5.74) is 1.66. The standard InChI is InChI=1S/C8H7ClO2.C7H6O/c1-11-7-5-3-2-4-6(7)8(9)10;1-3-7-4-2-6(1)5-8-7/h2-5H,1H3;1-4H,5H2. The molecule has 0 fully saturated rings. The minimum Gasteiger partial charge on any atom is -0.496 e. The third-order valence-electron chi connectivity index (χ3n) is 2.65. The maximum atomic E-state index is 10.7. The summed E-state index contributed by atoms with van der Waals surface area (Å²) in [6, 6.07) is 15.0. The molecule has 0 aliphatic carbocycles. The summed E-state index contributed by atoms with van der Waals surface area (Å²) in [7, 11) is 1.50. The first-order valence-corrected chi connectivity index (χ1v) is 6.13. The molecule has 0 aromatic heterocycles. The lowest BCUT2D eigenvalue weighted by Crippen LogP contribution is -2.00. The van der Waals surface area contributed by atoms with Gasteiger partial charge in [-0.2, -0.15) is 0 Å². The normalized spacial score (nSPS) is 11.1. The Bertz CT molecular complexity index is 541. The van der Waals surface area contributed by atoms with Gasteiger partial charge in [0.2, 0.25) is 0 Å². The van der Waals surface area contributed by atoms with Crippen LogP contribution in [-0.2, 0) is 6.61 Å². The van der Waals surface area contributed by atoms with Crippen LogP contribution in [0.3, 0.4) is 0 Å². The predicted molar refractivity (Wildman–Crippen MR) is 74.0 cm³/mol. The second-order valence-electron chi connectivity index (χ2n) is 3.91. The molecule has 2 aromatic carbocycles. The number of benzene rings is 2. The first kappa shape index (κ1) is 13.4. The highest BCUT2D eigenvalue weighted by molar-refractivity contribution is 6.68. The third kappa shape index (κ3) is 3.48. The Morgan fingerprint density at radius 1 is 1.16 bits per heavy atom. The SMILES string of the molecule is COc1ccccc1C(=O)Cl.c1cc2ccc1CO2. The molecule has 2 aliphatic heterocycles. The average molecular weight is 277 g/mol. The van der Waals surface area contributed by atoms with E-state index in [0.717, 1.165) is 12.4 Å². The Morgan fingerprint density at radius 2 is 1.84 bits per heavy atom. The van der Waals surface area contributed by atoms with Crippen LogP contribution in [0, 0.1) is 0 Å². The van der Waals surface area contributed by atoms with Gasteiger partial charge in [-0.1, -0.05) is 24.3 Å². The van der Waals surface area contributed by atoms with Gasteiger partial charge in [-0.3, -0.25) is 4.79 Å². The van der Waals surface area contributed by atoms with Crippen molar-refractivity contribution < 1.29 is 14.3 Å². The van der Waals surface area contributed by atoms with E-state index in [1.165, 1.54) is 12.7 Å². The molecule has 2 bridgehead atoms. The van der Waals surface area contributed by atoms with Gasteiger partial charge in [0, 0.05) is 0 Å². The van der Waals surface area contributed by atoms with E-state index in [0.29, 0.717) is 11.3 Å². The fourth-order valence-electron chi connectivity index (χ4n) is 1.66. The molecule has 98 valence electrons. The molecule has 4 rings (SSSR count). The number of fused-ring (bicyclic) bond motifs is 3. The van der Waals surface area contributed by atoms with Gasteiger partial charge < -0.3 is 9.47 Å². The Balaban J connectivity index is 0.000000146. The Labute approximate surface area is 116 Å². The van der Waals surface area contributed by atoms with Crippen molar-refractivity contribution in [1.29, 1.82) is 0 Å². The van der Waals surface area contributed by atoms with Crippen molar-refractivity contribution in [1.82, 2.24) is 0 Å². The van der Waals surface area contributed by atoms with Crippen molar-refractivity contribution in [2.24, 2.45) is 0 Å². The van der Waals surface area contributed by atoms with Crippen LogP contribution >= 0.6 is 11.6 Å². The molecule has 2 heterocycles. The number of ether oxygens (including phenoxy) is 2. The van der Waals surface area contributed by atoms with E-state index < -0.39 is 5.24 Å². The number of methoxy groups -OCH3 is 1. The van der Waals surface area contributed by atoms with Gasteiger partial charge in [0.25, 0.3) is 5.24 Å². The van der Waals surface area contributed by atoms with E-state index in [1.54, 1.807) is 24.3 Å². The first-order chi connectivity index (χ1) is 9.20. The van der Waals surface area contributed by atoms with Crippen molar-refractivity contribution in [3.8, 4) is 11.5 Å². The Morgan fingerprint density at radius 3 is 2.16 bits per heavy atom. The average Bonchev–Trinajstić information content (AvgIpc) is 2.50. The largest absolute Gasteiger partial charge is 0.496 e. The molecule has 0 radical (unpaired) electrons. The third-order valence-corrected chi connectivity index (χ3v) is 2.85. The molecule has 0 N–H and O–H groups in total. The summed E-state index contributed by atoms with van der Waals surface area (Å²) < 4.78 is 10.1. The number of halogens is 1. The maximum absolute atomic E-state index is 10.7. The van der Waals surface area contributed by atoms with E-state index in [4.69, 9.17) is 21.1 Å². The number of hydrogen-bond donors (Lipinski definition) is 0. The maximum Gasteiger partial charge on any atom is 0.256 e. The highest BCUT2D eigenvalue weighted by atomic mass is 35.5. The summed E-state index contributed by atoms with van der Waals surface area (Å²) in [4.78, 5) is 10.7. The highest BCUT2D eigenvalue weighted by Crippen LogP contribution is 2.19. The van der Waals surface area contributed by atoms with Gasteiger partial charge in [0.05, 0.1) is 12.7 Å². The molecular weight excluding hydrogens is 264 g/mol. The minimum atomic E-state index is -0.498. The van der Waals surface area contributed by atoms with Crippen LogP contribution in [0.1, 0.15) is 15.9 Å². The molecule has 0 unspecified atom stereocenters. The zero-order chi connectivity index (χ0) is 13.7. The molecule has 0 spiro atoms.